The molecule has 21 heavy (non-hydrogen) atoms. The molecule has 2 N–H and O–H groups in total. The monoisotopic (exact) mass is 313 g/mol. The Labute approximate surface area is 124 Å². The van der Waals surface area contributed by atoms with Gasteiger partial charge in [-0.3, -0.25) is 4.90 Å². The summed E-state index contributed by atoms with van der Waals surface area (Å²) in [5, 5.41) is 0. The van der Waals surface area contributed by atoms with Crippen LogP contribution in [0.5, 0.6) is 0 Å². The normalized spacial score (nSPS) is 24.2. The van der Waals surface area contributed by atoms with Crippen LogP contribution < -0.4 is 5.73 Å². The van der Waals surface area contributed by atoms with Crippen LogP contribution in [-0.2, 0) is 10.0 Å². The fourth-order valence-electron chi connectivity index (χ4n) is 3.27. The van der Waals surface area contributed by atoms with E-state index in [9.17, 15) is 12.8 Å². The van der Waals surface area contributed by atoms with Gasteiger partial charge in [-0.2, -0.15) is 4.31 Å². The zero-order valence-electron chi connectivity index (χ0n) is 12.0. The SMILES string of the molecule is Cc1cc(F)c(N)cc1S(=O)(=O)N1CCN2CCCC2C1. The third-order valence-corrected chi connectivity index (χ3v) is 6.47. The smallest absolute Gasteiger partial charge is 0.243 e. The second-order valence-electron chi connectivity index (χ2n) is 5.83. The summed E-state index contributed by atoms with van der Waals surface area (Å²) in [5.41, 5.74) is 5.81. The van der Waals surface area contributed by atoms with E-state index in [0.29, 0.717) is 24.7 Å². The lowest BCUT2D eigenvalue weighted by atomic mass is 10.2. The molecule has 2 saturated heterocycles. The van der Waals surface area contributed by atoms with E-state index in [2.05, 4.69) is 4.90 Å². The Morgan fingerprint density at radius 2 is 2.05 bits per heavy atom. The van der Waals surface area contributed by atoms with Crippen molar-refractivity contribution in [1.29, 1.82) is 0 Å². The number of fused-ring (bicyclic) bond motifs is 1. The molecule has 116 valence electrons. The lowest BCUT2D eigenvalue weighted by molar-refractivity contribution is 0.158. The number of rotatable bonds is 2. The molecule has 0 bridgehead atoms. The summed E-state index contributed by atoms with van der Waals surface area (Å²) < 4.78 is 40.5. The standard InChI is InChI=1S/C14H20FN3O2S/c1-10-7-12(15)13(16)8-14(10)21(19,20)18-6-5-17-4-2-3-11(17)9-18/h7-8,11H,2-6,9,16H2,1H3. The summed E-state index contributed by atoms with van der Waals surface area (Å²) in [7, 11) is -3.61. The van der Waals surface area contributed by atoms with Gasteiger partial charge >= 0.3 is 0 Å². The van der Waals surface area contributed by atoms with Crippen LogP contribution >= 0.6 is 0 Å². The number of hydrogen-bond donors (Lipinski definition) is 1. The molecule has 0 aromatic heterocycles. The largest absolute Gasteiger partial charge is 0.396 e. The second-order valence-corrected chi connectivity index (χ2v) is 7.74. The Hall–Kier alpha value is -1.18. The number of nitrogen functional groups attached to an aromatic ring is 1. The van der Waals surface area contributed by atoms with Crippen molar-refractivity contribution >= 4 is 15.7 Å². The van der Waals surface area contributed by atoms with Gasteiger partial charge in [-0.25, -0.2) is 12.8 Å². The summed E-state index contributed by atoms with van der Waals surface area (Å²) in [6, 6.07) is 2.74. The summed E-state index contributed by atoms with van der Waals surface area (Å²) in [4.78, 5) is 2.46. The first kappa shape index (κ1) is 14.7. The lowest BCUT2D eigenvalue weighted by Gasteiger charge is -2.36. The molecule has 3 rings (SSSR count). The van der Waals surface area contributed by atoms with Gasteiger partial charge in [-0.05, 0) is 44.0 Å². The minimum atomic E-state index is -3.61. The predicted molar refractivity (Wildman–Crippen MR) is 78.9 cm³/mol. The maximum Gasteiger partial charge on any atom is 0.243 e. The zero-order chi connectivity index (χ0) is 15.2. The van der Waals surface area contributed by atoms with Crippen LogP contribution in [0.4, 0.5) is 10.1 Å². The Morgan fingerprint density at radius 1 is 1.29 bits per heavy atom. The van der Waals surface area contributed by atoms with Gasteiger partial charge in [0.15, 0.2) is 0 Å². The van der Waals surface area contributed by atoms with Gasteiger partial charge in [-0.15, -0.1) is 0 Å². The van der Waals surface area contributed by atoms with Gasteiger partial charge in [0.1, 0.15) is 5.82 Å². The van der Waals surface area contributed by atoms with Crippen molar-refractivity contribution in [2.24, 2.45) is 0 Å². The van der Waals surface area contributed by atoms with Crippen molar-refractivity contribution in [2.75, 3.05) is 31.9 Å². The average Bonchev–Trinajstić information content (AvgIpc) is 2.90. The zero-order valence-corrected chi connectivity index (χ0v) is 12.9. The number of piperazine rings is 1. The van der Waals surface area contributed by atoms with Gasteiger partial charge in [-0.1, -0.05) is 0 Å². The molecule has 1 aromatic carbocycles. The number of benzene rings is 1. The fourth-order valence-corrected chi connectivity index (χ4v) is 4.98. The molecule has 0 saturated carbocycles. The number of aryl methyl sites for hydroxylation is 1. The third kappa shape index (κ3) is 2.54. The van der Waals surface area contributed by atoms with Gasteiger partial charge in [0.2, 0.25) is 10.0 Å². The van der Waals surface area contributed by atoms with Crippen LogP contribution in [0.25, 0.3) is 0 Å². The molecule has 5 nitrogen and oxygen atoms in total. The summed E-state index contributed by atoms with van der Waals surface area (Å²) in [5.74, 6) is -0.577. The van der Waals surface area contributed by atoms with Gasteiger partial charge in [0.25, 0.3) is 0 Å². The number of nitrogens with zero attached hydrogens (tertiary/aromatic N) is 2. The molecule has 1 unspecified atom stereocenters. The van der Waals surface area contributed by atoms with Gasteiger partial charge < -0.3 is 5.73 Å². The van der Waals surface area contributed by atoms with Crippen LogP contribution in [0.1, 0.15) is 18.4 Å². The highest BCUT2D eigenvalue weighted by Gasteiger charge is 2.36. The topological polar surface area (TPSA) is 66.6 Å². The van der Waals surface area contributed by atoms with Crippen LogP contribution in [-0.4, -0.2) is 49.8 Å². The van der Waals surface area contributed by atoms with Crippen molar-refractivity contribution < 1.29 is 12.8 Å². The number of nitrogens with two attached hydrogens (primary N) is 1. The maximum absolute atomic E-state index is 13.4. The Bertz CT molecular complexity index is 662. The predicted octanol–water partition coefficient (Wildman–Crippen LogP) is 1.19. The number of hydrogen-bond acceptors (Lipinski definition) is 4. The molecule has 0 aliphatic carbocycles. The van der Waals surface area contributed by atoms with Crippen molar-refractivity contribution in [2.45, 2.75) is 30.7 Å². The number of halogens is 1. The quantitative estimate of drug-likeness (QED) is 0.833. The Morgan fingerprint density at radius 3 is 2.81 bits per heavy atom. The molecule has 2 aliphatic heterocycles. The molecule has 2 aliphatic rings. The molecule has 0 radical (unpaired) electrons. The molecule has 0 spiro atoms. The van der Waals surface area contributed by atoms with Gasteiger partial charge in [0.05, 0.1) is 10.6 Å². The minimum absolute atomic E-state index is 0.118. The molecule has 2 heterocycles. The van der Waals surface area contributed by atoms with Crippen LogP contribution in [0.15, 0.2) is 17.0 Å². The molecule has 2 fully saturated rings. The first-order chi connectivity index (χ1) is 9.89. The van der Waals surface area contributed by atoms with Crippen LogP contribution in [0, 0.1) is 12.7 Å². The van der Waals surface area contributed by atoms with Gasteiger partial charge in [0, 0.05) is 25.7 Å². The van der Waals surface area contributed by atoms with Crippen molar-refractivity contribution in [3.63, 3.8) is 0 Å². The molecule has 0 amide bonds. The van der Waals surface area contributed by atoms with E-state index in [1.54, 1.807) is 6.92 Å². The minimum Gasteiger partial charge on any atom is -0.396 e. The molecule has 1 aromatic rings. The molecular weight excluding hydrogens is 293 g/mol. The highest BCUT2D eigenvalue weighted by Crippen LogP contribution is 2.28. The molecule has 1 atom stereocenters. The number of sulfonamides is 1. The van der Waals surface area contributed by atoms with Crippen molar-refractivity contribution in [1.82, 2.24) is 9.21 Å². The highest BCUT2D eigenvalue weighted by molar-refractivity contribution is 7.89. The molecule has 7 heteroatoms. The lowest BCUT2D eigenvalue weighted by Crippen LogP contribution is -2.52. The molecular formula is C14H20FN3O2S. The Balaban J connectivity index is 1.92. The highest BCUT2D eigenvalue weighted by atomic mass is 32.2. The summed E-state index contributed by atoms with van der Waals surface area (Å²) >= 11 is 0. The van der Waals surface area contributed by atoms with E-state index in [-0.39, 0.29) is 10.6 Å². The summed E-state index contributed by atoms with van der Waals surface area (Å²) in [6.45, 7) is 4.41. The Kier molecular flexibility index (Phi) is 3.67. The van der Waals surface area contributed by atoms with E-state index in [1.165, 1.54) is 16.4 Å². The van der Waals surface area contributed by atoms with E-state index in [4.69, 9.17) is 5.73 Å². The fraction of sp³-hybridized carbons (Fsp3) is 0.571. The van der Waals surface area contributed by atoms with E-state index >= 15 is 0 Å². The maximum atomic E-state index is 13.4. The number of anilines is 1. The van der Waals surface area contributed by atoms with Crippen LogP contribution in [0.2, 0.25) is 0 Å². The van der Waals surface area contributed by atoms with E-state index in [1.807, 2.05) is 0 Å². The first-order valence-electron chi connectivity index (χ1n) is 7.19. The first-order valence-corrected chi connectivity index (χ1v) is 8.63. The van der Waals surface area contributed by atoms with E-state index in [0.717, 1.165) is 25.9 Å². The van der Waals surface area contributed by atoms with Crippen molar-refractivity contribution in [3.8, 4) is 0 Å². The van der Waals surface area contributed by atoms with Crippen molar-refractivity contribution in [3.05, 3.63) is 23.5 Å². The van der Waals surface area contributed by atoms with E-state index < -0.39 is 15.8 Å². The third-order valence-electron chi connectivity index (χ3n) is 4.46. The average molecular weight is 313 g/mol. The van der Waals surface area contributed by atoms with Crippen LogP contribution in [0.3, 0.4) is 0 Å². The second kappa shape index (κ2) is 5.23. The summed E-state index contributed by atoms with van der Waals surface area (Å²) in [6.07, 6.45) is 2.16.